The van der Waals surface area contributed by atoms with Crippen molar-refractivity contribution in [3.8, 4) is 0 Å². The second kappa shape index (κ2) is 3.11. The first kappa shape index (κ1) is 7.56. The van der Waals surface area contributed by atoms with Gasteiger partial charge in [-0.15, -0.1) is 0 Å². The summed E-state index contributed by atoms with van der Waals surface area (Å²) in [4.78, 5) is 2.56. The topological polar surface area (TPSA) is 23.5 Å². The summed E-state index contributed by atoms with van der Waals surface area (Å²) in [6.07, 6.45) is 5.29. The van der Waals surface area contributed by atoms with Crippen LogP contribution in [-0.4, -0.2) is 35.7 Å². The molecule has 2 aliphatic rings. The maximum atomic E-state index is 9.08. The van der Waals surface area contributed by atoms with Crippen molar-refractivity contribution in [3.63, 3.8) is 0 Å². The second-order valence-electron chi connectivity index (χ2n) is 3.83. The van der Waals surface area contributed by atoms with Gasteiger partial charge in [-0.1, -0.05) is 6.42 Å². The van der Waals surface area contributed by atoms with E-state index in [9.17, 15) is 0 Å². The Morgan fingerprint density at radius 3 is 2.91 bits per heavy atom. The summed E-state index contributed by atoms with van der Waals surface area (Å²) in [5.74, 6) is 0.593. The Labute approximate surface area is 68.2 Å². The zero-order valence-corrected chi connectivity index (χ0v) is 7.00. The van der Waals surface area contributed by atoms with Crippen LogP contribution in [0.1, 0.15) is 25.7 Å². The molecule has 0 aromatic carbocycles. The standard InChI is InChI=1S/C9H17NO/c11-7-8-4-6-10-5-2-1-3-9(8)10/h8-9,11H,1-7H2/t8-,9-/m1/s1. The van der Waals surface area contributed by atoms with Crippen molar-refractivity contribution in [3.05, 3.63) is 0 Å². The molecule has 0 aliphatic carbocycles. The van der Waals surface area contributed by atoms with Gasteiger partial charge in [-0.3, -0.25) is 0 Å². The van der Waals surface area contributed by atoms with Crippen molar-refractivity contribution < 1.29 is 5.11 Å². The first-order valence-corrected chi connectivity index (χ1v) is 4.76. The van der Waals surface area contributed by atoms with Crippen molar-refractivity contribution in [2.24, 2.45) is 5.92 Å². The highest BCUT2D eigenvalue weighted by Gasteiger charge is 2.34. The average Bonchev–Trinajstić information content (AvgIpc) is 2.47. The third-order valence-electron chi connectivity index (χ3n) is 3.23. The van der Waals surface area contributed by atoms with Crippen LogP contribution in [0.15, 0.2) is 0 Å². The molecule has 2 saturated heterocycles. The Hall–Kier alpha value is -0.0800. The number of piperidine rings is 1. The number of rotatable bonds is 1. The Balaban J connectivity index is 1.98. The van der Waals surface area contributed by atoms with Crippen molar-refractivity contribution in [1.29, 1.82) is 0 Å². The number of aliphatic hydroxyl groups is 1. The van der Waals surface area contributed by atoms with Crippen LogP contribution >= 0.6 is 0 Å². The third-order valence-corrected chi connectivity index (χ3v) is 3.23. The fraction of sp³-hybridized carbons (Fsp3) is 1.00. The first-order chi connectivity index (χ1) is 5.42. The van der Waals surface area contributed by atoms with E-state index in [4.69, 9.17) is 5.11 Å². The highest BCUT2D eigenvalue weighted by Crippen LogP contribution is 2.31. The van der Waals surface area contributed by atoms with E-state index < -0.39 is 0 Å². The number of hydrogen-bond donors (Lipinski definition) is 1. The monoisotopic (exact) mass is 155 g/mol. The Morgan fingerprint density at radius 1 is 1.18 bits per heavy atom. The second-order valence-corrected chi connectivity index (χ2v) is 3.83. The van der Waals surface area contributed by atoms with Gasteiger partial charge >= 0.3 is 0 Å². The van der Waals surface area contributed by atoms with Gasteiger partial charge in [-0.2, -0.15) is 0 Å². The molecule has 11 heavy (non-hydrogen) atoms. The van der Waals surface area contributed by atoms with Gasteiger partial charge in [0.2, 0.25) is 0 Å². The van der Waals surface area contributed by atoms with Crippen LogP contribution in [0.3, 0.4) is 0 Å². The molecule has 2 atom stereocenters. The Morgan fingerprint density at radius 2 is 2.09 bits per heavy atom. The largest absolute Gasteiger partial charge is 0.396 e. The van der Waals surface area contributed by atoms with Crippen LogP contribution < -0.4 is 0 Å². The Bertz CT molecular complexity index is 132. The molecular weight excluding hydrogens is 138 g/mol. The van der Waals surface area contributed by atoms with Gasteiger partial charge in [0.25, 0.3) is 0 Å². The van der Waals surface area contributed by atoms with Gasteiger partial charge in [0, 0.05) is 12.6 Å². The SMILES string of the molecule is OC[C@H]1CCN2CCCC[C@H]12. The lowest BCUT2D eigenvalue weighted by atomic mass is 9.94. The molecular formula is C9H17NO. The van der Waals surface area contributed by atoms with Crippen LogP contribution in [0, 0.1) is 5.92 Å². The van der Waals surface area contributed by atoms with Crippen LogP contribution in [0.4, 0.5) is 0 Å². The van der Waals surface area contributed by atoms with Gasteiger partial charge in [0.1, 0.15) is 0 Å². The minimum atomic E-state index is 0.404. The van der Waals surface area contributed by atoms with E-state index in [-0.39, 0.29) is 0 Å². The molecule has 0 spiro atoms. The maximum absolute atomic E-state index is 9.08. The zero-order valence-electron chi connectivity index (χ0n) is 7.00. The predicted molar refractivity (Wildman–Crippen MR) is 44.4 cm³/mol. The number of fused-ring (bicyclic) bond motifs is 1. The van der Waals surface area contributed by atoms with E-state index in [1.54, 1.807) is 0 Å². The molecule has 0 aromatic heterocycles. The van der Waals surface area contributed by atoms with Gasteiger partial charge in [0.15, 0.2) is 0 Å². The highest BCUT2D eigenvalue weighted by molar-refractivity contribution is 4.88. The van der Waals surface area contributed by atoms with Gasteiger partial charge < -0.3 is 10.0 Å². The molecule has 0 saturated carbocycles. The zero-order chi connectivity index (χ0) is 7.68. The lowest BCUT2D eigenvalue weighted by molar-refractivity contribution is 0.134. The molecule has 2 nitrogen and oxygen atoms in total. The highest BCUT2D eigenvalue weighted by atomic mass is 16.3. The molecule has 2 fully saturated rings. The fourth-order valence-corrected chi connectivity index (χ4v) is 2.57. The summed E-state index contributed by atoms with van der Waals surface area (Å²) < 4.78 is 0. The van der Waals surface area contributed by atoms with Gasteiger partial charge in [0.05, 0.1) is 0 Å². The summed E-state index contributed by atoms with van der Waals surface area (Å²) in [5.41, 5.74) is 0. The third kappa shape index (κ3) is 1.30. The van der Waals surface area contributed by atoms with Crippen LogP contribution in [0.2, 0.25) is 0 Å². The predicted octanol–water partition coefficient (Wildman–Crippen LogP) is 0.853. The summed E-state index contributed by atoms with van der Waals surface area (Å²) in [7, 11) is 0. The van der Waals surface area contributed by atoms with E-state index >= 15 is 0 Å². The first-order valence-electron chi connectivity index (χ1n) is 4.76. The smallest absolute Gasteiger partial charge is 0.0474 e. The van der Waals surface area contributed by atoms with Gasteiger partial charge in [-0.25, -0.2) is 0 Å². The van der Waals surface area contributed by atoms with Crippen LogP contribution in [-0.2, 0) is 0 Å². The molecule has 0 amide bonds. The molecule has 64 valence electrons. The fourth-order valence-electron chi connectivity index (χ4n) is 2.57. The average molecular weight is 155 g/mol. The van der Waals surface area contributed by atoms with E-state index in [0.29, 0.717) is 12.5 Å². The summed E-state index contributed by atoms with van der Waals surface area (Å²) >= 11 is 0. The van der Waals surface area contributed by atoms with E-state index in [0.717, 1.165) is 6.04 Å². The molecule has 2 rings (SSSR count). The summed E-state index contributed by atoms with van der Waals surface area (Å²) in [6, 6.07) is 0.730. The van der Waals surface area contributed by atoms with Gasteiger partial charge in [-0.05, 0) is 38.3 Å². The van der Waals surface area contributed by atoms with Crippen molar-refractivity contribution in [1.82, 2.24) is 4.90 Å². The van der Waals surface area contributed by atoms with Crippen LogP contribution in [0.5, 0.6) is 0 Å². The summed E-state index contributed by atoms with van der Waals surface area (Å²) in [6.45, 7) is 2.91. The summed E-state index contributed by atoms with van der Waals surface area (Å²) in [5, 5.41) is 9.08. The van der Waals surface area contributed by atoms with E-state index in [1.165, 1.54) is 38.8 Å². The Kier molecular flexibility index (Phi) is 2.14. The van der Waals surface area contributed by atoms with Crippen molar-refractivity contribution in [2.75, 3.05) is 19.7 Å². The number of aliphatic hydroxyl groups excluding tert-OH is 1. The van der Waals surface area contributed by atoms with E-state index in [2.05, 4.69) is 4.90 Å². The maximum Gasteiger partial charge on any atom is 0.0474 e. The minimum absolute atomic E-state index is 0.404. The molecule has 0 aromatic rings. The minimum Gasteiger partial charge on any atom is -0.396 e. The molecule has 0 unspecified atom stereocenters. The molecule has 2 heterocycles. The molecule has 1 N–H and O–H groups in total. The van der Waals surface area contributed by atoms with Crippen molar-refractivity contribution >= 4 is 0 Å². The lowest BCUT2D eigenvalue weighted by Gasteiger charge is -2.31. The number of nitrogens with zero attached hydrogens (tertiary/aromatic N) is 1. The molecule has 2 aliphatic heterocycles. The quantitative estimate of drug-likeness (QED) is 0.607. The van der Waals surface area contributed by atoms with Crippen molar-refractivity contribution in [2.45, 2.75) is 31.7 Å². The van der Waals surface area contributed by atoms with E-state index in [1.807, 2.05) is 0 Å². The lowest BCUT2D eigenvalue weighted by Crippen LogP contribution is -2.37. The normalized spacial score (nSPS) is 39.0. The molecule has 0 bridgehead atoms. The van der Waals surface area contributed by atoms with Crippen LogP contribution in [0.25, 0.3) is 0 Å². The molecule has 2 heteroatoms. The molecule has 0 radical (unpaired) electrons. The number of hydrogen-bond acceptors (Lipinski definition) is 2.